The van der Waals surface area contributed by atoms with E-state index in [0.717, 1.165) is 5.56 Å². The van der Waals surface area contributed by atoms with Crippen molar-refractivity contribution in [3.05, 3.63) is 53.6 Å². The van der Waals surface area contributed by atoms with Crippen molar-refractivity contribution in [1.29, 1.82) is 0 Å². The summed E-state index contributed by atoms with van der Waals surface area (Å²) in [6, 6.07) is 11.9. The van der Waals surface area contributed by atoms with Crippen molar-refractivity contribution in [2.45, 2.75) is 6.61 Å². The van der Waals surface area contributed by atoms with Crippen LogP contribution in [0.3, 0.4) is 0 Å². The quantitative estimate of drug-likeness (QED) is 0.743. The molecule has 2 aromatic carbocycles. The third-order valence-corrected chi connectivity index (χ3v) is 2.87. The van der Waals surface area contributed by atoms with Crippen LogP contribution in [0.4, 0.5) is 11.4 Å². The molecular weight excluding hydrogens is 256 g/mol. The highest BCUT2D eigenvalue weighted by molar-refractivity contribution is 6.08. The predicted molar refractivity (Wildman–Crippen MR) is 77.7 cm³/mol. The number of benzene rings is 2. The Labute approximate surface area is 117 Å². The Morgan fingerprint density at radius 3 is 2.80 bits per heavy atom. The van der Waals surface area contributed by atoms with Gasteiger partial charge in [0.2, 0.25) is 0 Å². The van der Waals surface area contributed by atoms with E-state index in [-0.39, 0.29) is 12.5 Å². The fourth-order valence-electron chi connectivity index (χ4n) is 1.80. The van der Waals surface area contributed by atoms with Crippen LogP contribution in [-0.2, 0) is 6.61 Å². The lowest BCUT2D eigenvalue weighted by Crippen LogP contribution is -2.14. The monoisotopic (exact) mass is 272 g/mol. The molecule has 0 heterocycles. The van der Waals surface area contributed by atoms with Crippen molar-refractivity contribution >= 4 is 17.3 Å². The molecule has 0 radical (unpaired) electrons. The molecular formula is C15H16N2O3. The van der Waals surface area contributed by atoms with E-state index in [0.29, 0.717) is 22.7 Å². The number of carbonyl (C=O) groups is 1. The van der Waals surface area contributed by atoms with E-state index in [2.05, 4.69) is 5.32 Å². The van der Waals surface area contributed by atoms with Gasteiger partial charge in [-0.1, -0.05) is 12.1 Å². The molecule has 104 valence electrons. The van der Waals surface area contributed by atoms with Gasteiger partial charge in [-0.2, -0.15) is 0 Å². The molecule has 5 heteroatoms. The first kappa shape index (κ1) is 13.9. The summed E-state index contributed by atoms with van der Waals surface area (Å²) in [6.45, 7) is -0.0784. The van der Waals surface area contributed by atoms with E-state index >= 15 is 0 Å². The zero-order valence-electron chi connectivity index (χ0n) is 11.1. The SMILES string of the molecule is COc1ccc(N)c(C(=O)Nc2cccc(CO)c2)c1. The second kappa shape index (κ2) is 6.08. The molecule has 0 aliphatic rings. The predicted octanol–water partition coefficient (Wildman–Crippen LogP) is 2.02. The number of aliphatic hydroxyl groups is 1. The van der Waals surface area contributed by atoms with Gasteiger partial charge >= 0.3 is 0 Å². The fourth-order valence-corrected chi connectivity index (χ4v) is 1.80. The maximum Gasteiger partial charge on any atom is 0.257 e. The molecule has 0 fully saturated rings. The van der Waals surface area contributed by atoms with Crippen LogP contribution in [-0.4, -0.2) is 18.1 Å². The molecule has 5 nitrogen and oxygen atoms in total. The summed E-state index contributed by atoms with van der Waals surface area (Å²) in [7, 11) is 1.53. The maximum absolute atomic E-state index is 12.2. The van der Waals surface area contributed by atoms with Gasteiger partial charge in [-0.25, -0.2) is 0 Å². The highest BCUT2D eigenvalue weighted by Crippen LogP contribution is 2.21. The first-order valence-corrected chi connectivity index (χ1v) is 6.08. The van der Waals surface area contributed by atoms with Gasteiger partial charge in [-0.05, 0) is 35.9 Å². The van der Waals surface area contributed by atoms with Crippen molar-refractivity contribution in [3.8, 4) is 5.75 Å². The molecule has 0 unspecified atom stereocenters. The van der Waals surface area contributed by atoms with Crippen LogP contribution in [0.1, 0.15) is 15.9 Å². The number of ether oxygens (including phenoxy) is 1. The topological polar surface area (TPSA) is 84.6 Å². The average Bonchev–Trinajstić information content (AvgIpc) is 2.47. The van der Waals surface area contributed by atoms with Crippen molar-refractivity contribution in [3.63, 3.8) is 0 Å². The van der Waals surface area contributed by atoms with Crippen LogP contribution in [0.2, 0.25) is 0 Å². The number of methoxy groups -OCH3 is 1. The second-order valence-electron chi connectivity index (χ2n) is 4.27. The highest BCUT2D eigenvalue weighted by Gasteiger charge is 2.11. The Balaban J connectivity index is 2.23. The smallest absolute Gasteiger partial charge is 0.257 e. The summed E-state index contributed by atoms with van der Waals surface area (Å²) in [5, 5.41) is 11.8. The summed E-state index contributed by atoms with van der Waals surface area (Å²) in [4.78, 5) is 12.2. The molecule has 2 rings (SSSR count). The van der Waals surface area contributed by atoms with Crippen LogP contribution in [0.15, 0.2) is 42.5 Å². The zero-order valence-corrected chi connectivity index (χ0v) is 11.1. The third-order valence-electron chi connectivity index (χ3n) is 2.87. The first-order chi connectivity index (χ1) is 9.63. The van der Waals surface area contributed by atoms with E-state index in [4.69, 9.17) is 15.6 Å². The molecule has 0 aliphatic carbocycles. The van der Waals surface area contributed by atoms with Crippen LogP contribution < -0.4 is 15.8 Å². The molecule has 0 saturated carbocycles. The number of nitrogens with one attached hydrogen (secondary N) is 1. The summed E-state index contributed by atoms with van der Waals surface area (Å²) in [6.07, 6.45) is 0. The van der Waals surface area contributed by atoms with Gasteiger partial charge in [-0.3, -0.25) is 4.79 Å². The molecule has 20 heavy (non-hydrogen) atoms. The van der Waals surface area contributed by atoms with E-state index in [1.165, 1.54) is 7.11 Å². The van der Waals surface area contributed by atoms with E-state index < -0.39 is 0 Å². The number of nitrogens with two attached hydrogens (primary N) is 1. The molecule has 0 aromatic heterocycles. The van der Waals surface area contributed by atoms with Gasteiger partial charge in [0.1, 0.15) is 5.75 Å². The number of rotatable bonds is 4. The van der Waals surface area contributed by atoms with Crippen molar-refractivity contribution in [1.82, 2.24) is 0 Å². The standard InChI is InChI=1S/C15H16N2O3/c1-20-12-5-6-14(16)13(8-12)15(19)17-11-4-2-3-10(7-11)9-18/h2-8,18H,9,16H2,1H3,(H,17,19). The van der Waals surface area contributed by atoms with Gasteiger partial charge < -0.3 is 20.9 Å². The van der Waals surface area contributed by atoms with Crippen molar-refractivity contribution in [2.24, 2.45) is 0 Å². The number of aliphatic hydroxyl groups excluding tert-OH is 1. The molecule has 1 amide bonds. The van der Waals surface area contributed by atoms with E-state index in [1.54, 1.807) is 42.5 Å². The number of hydrogen-bond acceptors (Lipinski definition) is 4. The molecule has 4 N–H and O–H groups in total. The lowest BCUT2D eigenvalue weighted by atomic mass is 10.1. The van der Waals surface area contributed by atoms with E-state index in [1.807, 2.05) is 0 Å². The summed E-state index contributed by atoms with van der Waals surface area (Å²) in [5.41, 5.74) is 7.85. The number of hydrogen-bond donors (Lipinski definition) is 3. The summed E-state index contributed by atoms with van der Waals surface area (Å²) < 4.78 is 5.08. The minimum Gasteiger partial charge on any atom is -0.497 e. The maximum atomic E-state index is 12.2. The highest BCUT2D eigenvalue weighted by atomic mass is 16.5. The molecule has 2 aromatic rings. The molecule has 0 bridgehead atoms. The Morgan fingerprint density at radius 1 is 1.30 bits per heavy atom. The number of anilines is 2. The molecule has 0 spiro atoms. The Bertz CT molecular complexity index is 626. The molecule has 0 aliphatic heterocycles. The number of nitrogen functional groups attached to an aromatic ring is 1. The minimum absolute atomic E-state index is 0.0784. The third kappa shape index (κ3) is 3.07. The summed E-state index contributed by atoms with van der Waals surface area (Å²) >= 11 is 0. The Morgan fingerprint density at radius 2 is 2.10 bits per heavy atom. The normalized spacial score (nSPS) is 10.1. The molecule has 0 atom stereocenters. The molecule has 0 saturated heterocycles. The average molecular weight is 272 g/mol. The lowest BCUT2D eigenvalue weighted by molar-refractivity contribution is 0.102. The van der Waals surface area contributed by atoms with Crippen molar-refractivity contribution in [2.75, 3.05) is 18.2 Å². The van der Waals surface area contributed by atoms with Gasteiger partial charge in [-0.15, -0.1) is 0 Å². The lowest BCUT2D eigenvalue weighted by Gasteiger charge is -2.10. The van der Waals surface area contributed by atoms with Crippen molar-refractivity contribution < 1.29 is 14.6 Å². The Hall–Kier alpha value is -2.53. The fraction of sp³-hybridized carbons (Fsp3) is 0.133. The van der Waals surface area contributed by atoms with Gasteiger partial charge in [0.25, 0.3) is 5.91 Å². The largest absolute Gasteiger partial charge is 0.497 e. The first-order valence-electron chi connectivity index (χ1n) is 6.08. The van der Waals surface area contributed by atoms with Gasteiger partial charge in [0.15, 0.2) is 0 Å². The minimum atomic E-state index is -0.323. The van der Waals surface area contributed by atoms with Gasteiger partial charge in [0, 0.05) is 11.4 Å². The van der Waals surface area contributed by atoms with E-state index in [9.17, 15) is 4.79 Å². The number of amides is 1. The van der Waals surface area contributed by atoms with Crippen LogP contribution in [0, 0.1) is 0 Å². The second-order valence-corrected chi connectivity index (χ2v) is 4.27. The summed E-state index contributed by atoms with van der Waals surface area (Å²) in [5.74, 6) is 0.241. The number of carbonyl (C=O) groups excluding carboxylic acids is 1. The van der Waals surface area contributed by atoms with Gasteiger partial charge in [0.05, 0.1) is 19.3 Å². The zero-order chi connectivity index (χ0) is 14.5. The van der Waals surface area contributed by atoms with Crippen LogP contribution >= 0.6 is 0 Å². The Kier molecular flexibility index (Phi) is 4.22. The van der Waals surface area contributed by atoms with Crippen LogP contribution in [0.25, 0.3) is 0 Å². The van der Waals surface area contributed by atoms with Crippen LogP contribution in [0.5, 0.6) is 5.75 Å².